The second-order valence-corrected chi connectivity index (χ2v) is 8.84. The lowest BCUT2D eigenvalue weighted by molar-refractivity contribution is 0.629. The molecule has 0 aliphatic heterocycles. The average Bonchev–Trinajstić information content (AvgIpc) is 2.87. The monoisotopic (exact) mass is 461 g/mol. The Morgan fingerprint density at radius 3 is 2.09 bits per heavy atom. The second-order valence-electron chi connectivity index (χ2n) is 8.84. The number of hydrogen-bond acceptors (Lipinski definition) is 3. The van der Waals surface area contributed by atoms with Crippen molar-refractivity contribution in [1.82, 2.24) is 15.0 Å². The minimum Gasteiger partial charge on any atom is -0.264 e. The fourth-order valence-corrected chi connectivity index (χ4v) is 4.90. The van der Waals surface area contributed by atoms with E-state index < -0.39 is 0 Å². The molecule has 3 aromatic carbocycles. The molecule has 35 heavy (non-hydrogen) atoms. The molecule has 5 heteroatoms. The maximum absolute atomic E-state index is 14.4. The molecular formula is C30H21F2N3. The summed E-state index contributed by atoms with van der Waals surface area (Å²) in [5, 5.41) is 5.70. The van der Waals surface area contributed by atoms with Crippen LogP contribution in [0.25, 0.3) is 32.3 Å². The summed E-state index contributed by atoms with van der Waals surface area (Å²) in [7, 11) is 0. The Balaban J connectivity index is 1.46. The molecule has 0 radical (unpaired) electrons. The normalized spacial score (nSPS) is 11.5. The largest absolute Gasteiger partial charge is 0.264 e. The van der Waals surface area contributed by atoms with Crippen LogP contribution in [0.2, 0.25) is 0 Å². The minimum absolute atomic E-state index is 0.280. The molecule has 3 heterocycles. The van der Waals surface area contributed by atoms with Gasteiger partial charge in [-0.05, 0) is 81.6 Å². The standard InChI is InChI=1S/C30H21F2N3/c1-18-27-14-23(31)5-7-26(27)22(16-35-18)12-20-2-3-21(25-6-4-24(32)15-28(20)25)13-30-29-17-33-10-8-19(29)9-11-34-30/h2-11,14-17H,12-13H2,1H3. The minimum atomic E-state index is -0.284. The molecule has 0 aliphatic carbocycles. The molecule has 0 amide bonds. The van der Waals surface area contributed by atoms with Crippen LogP contribution in [0.4, 0.5) is 8.78 Å². The highest BCUT2D eigenvalue weighted by atomic mass is 19.1. The molecule has 0 bridgehead atoms. The Morgan fingerprint density at radius 2 is 1.29 bits per heavy atom. The zero-order valence-corrected chi connectivity index (χ0v) is 19.1. The number of rotatable bonds is 4. The maximum Gasteiger partial charge on any atom is 0.123 e. The van der Waals surface area contributed by atoms with Crippen molar-refractivity contribution in [2.45, 2.75) is 19.8 Å². The van der Waals surface area contributed by atoms with E-state index in [-0.39, 0.29) is 11.6 Å². The first-order valence-electron chi connectivity index (χ1n) is 11.5. The summed E-state index contributed by atoms with van der Waals surface area (Å²) in [5.41, 5.74) is 4.76. The smallest absolute Gasteiger partial charge is 0.123 e. The first-order chi connectivity index (χ1) is 17.1. The molecular weight excluding hydrogens is 440 g/mol. The summed E-state index contributed by atoms with van der Waals surface area (Å²) in [6.45, 7) is 1.88. The van der Waals surface area contributed by atoms with Crippen LogP contribution < -0.4 is 0 Å². The molecule has 3 nitrogen and oxygen atoms in total. The van der Waals surface area contributed by atoms with Crippen molar-refractivity contribution < 1.29 is 8.78 Å². The van der Waals surface area contributed by atoms with E-state index in [1.165, 1.54) is 18.2 Å². The summed E-state index contributed by atoms with van der Waals surface area (Å²) >= 11 is 0. The van der Waals surface area contributed by atoms with Gasteiger partial charge in [-0.1, -0.05) is 24.3 Å². The topological polar surface area (TPSA) is 38.7 Å². The van der Waals surface area contributed by atoms with E-state index in [0.29, 0.717) is 12.8 Å². The van der Waals surface area contributed by atoms with Gasteiger partial charge in [0.2, 0.25) is 0 Å². The van der Waals surface area contributed by atoms with Crippen molar-refractivity contribution in [2.75, 3.05) is 0 Å². The van der Waals surface area contributed by atoms with Gasteiger partial charge in [-0.3, -0.25) is 15.0 Å². The highest BCUT2D eigenvalue weighted by Crippen LogP contribution is 2.31. The van der Waals surface area contributed by atoms with Crippen LogP contribution in [-0.4, -0.2) is 15.0 Å². The van der Waals surface area contributed by atoms with Gasteiger partial charge < -0.3 is 0 Å². The molecule has 0 fully saturated rings. The summed E-state index contributed by atoms with van der Waals surface area (Å²) in [6.07, 6.45) is 8.43. The van der Waals surface area contributed by atoms with E-state index in [2.05, 4.69) is 27.1 Å². The Morgan fingerprint density at radius 1 is 0.600 bits per heavy atom. The molecule has 0 atom stereocenters. The number of aromatic nitrogens is 3. The molecule has 0 spiro atoms. The Bertz CT molecular complexity index is 1740. The quantitative estimate of drug-likeness (QED) is 0.281. The molecule has 6 rings (SSSR count). The highest BCUT2D eigenvalue weighted by Gasteiger charge is 2.13. The van der Waals surface area contributed by atoms with Crippen LogP contribution in [0.15, 0.2) is 85.5 Å². The zero-order valence-electron chi connectivity index (χ0n) is 19.1. The van der Waals surface area contributed by atoms with Crippen molar-refractivity contribution in [3.05, 3.63) is 125 Å². The van der Waals surface area contributed by atoms with E-state index in [0.717, 1.165) is 60.4 Å². The van der Waals surface area contributed by atoms with Gasteiger partial charge in [-0.2, -0.15) is 0 Å². The number of nitrogens with zero attached hydrogens (tertiary/aromatic N) is 3. The SMILES string of the molecule is Cc1ncc(Cc2ccc(Cc3nccc4ccncc34)c3ccc(F)cc23)c2ccc(F)cc12. The van der Waals surface area contributed by atoms with E-state index in [9.17, 15) is 8.78 Å². The summed E-state index contributed by atoms with van der Waals surface area (Å²) in [4.78, 5) is 13.4. The highest BCUT2D eigenvalue weighted by molar-refractivity contribution is 5.92. The fourth-order valence-electron chi connectivity index (χ4n) is 4.90. The van der Waals surface area contributed by atoms with Crippen LogP contribution in [0.3, 0.4) is 0 Å². The second kappa shape index (κ2) is 8.51. The van der Waals surface area contributed by atoms with Gasteiger partial charge in [-0.15, -0.1) is 0 Å². The van der Waals surface area contributed by atoms with Crippen molar-refractivity contribution in [3.8, 4) is 0 Å². The van der Waals surface area contributed by atoms with Gasteiger partial charge >= 0.3 is 0 Å². The van der Waals surface area contributed by atoms with Crippen molar-refractivity contribution in [2.24, 2.45) is 0 Å². The molecule has 0 aliphatic rings. The molecule has 0 unspecified atom stereocenters. The number of benzene rings is 3. The van der Waals surface area contributed by atoms with Gasteiger partial charge in [0, 0.05) is 54.1 Å². The molecule has 0 N–H and O–H groups in total. The third-order valence-corrected chi connectivity index (χ3v) is 6.68. The van der Waals surface area contributed by atoms with Crippen LogP contribution >= 0.6 is 0 Å². The van der Waals surface area contributed by atoms with Gasteiger partial charge in [0.25, 0.3) is 0 Å². The number of hydrogen-bond donors (Lipinski definition) is 0. The van der Waals surface area contributed by atoms with Crippen molar-refractivity contribution >= 4 is 32.3 Å². The lowest BCUT2D eigenvalue weighted by Gasteiger charge is -2.14. The Hall–Kier alpha value is -4.25. The van der Waals surface area contributed by atoms with Crippen molar-refractivity contribution in [3.63, 3.8) is 0 Å². The molecule has 0 saturated heterocycles. The predicted octanol–water partition coefficient (Wildman–Crippen LogP) is 7.10. The molecule has 170 valence electrons. The number of aryl methyl sites for hydroxylation is 1. The Kier molecular flexibility index (Phi) is 5.18. The number of fused-ring (bicyclic) bond motifs is 3. The maximum atomic E-state index is 14.4. The first kappa shape index (κ1) is 21.3. The number of halogens is 2. The molecule has 0 saturated carbocycles. The van der Waals surface area contributed by atoms with Crippen LogP contribution in [0, 0.1) is 18.6 Å². The lowest BCUT2D eigenvalue weighted by atomic mass is 9.92. The van der Waals surface area contributed by atoms with Gasteiger partial charge in [-0.25, -0.2) is 8.78 Å². The van der Waals surface area contributed by atoms with Gasteiger partial charge in [0.05, 0.1) is 5.69 Å². The zero-order chi connectivity index (χ0) is 23.9. The first-order valence-corrected chi connectivity index (χ1v) is 11.5. The van der Waals surface area contributed by atoms with Crippen molar-refractivity contribution in [1.29, 1.82) is 0 Å². The fraction of sp³-hybridized carbons (Fsp3) is 0.100. The predicted molar refractivity (Wildman–Crippen MR) is 135 cm³/mol. The van der Waals surface area contributed by atoms with E-state index in [1.54, 1.807) is 18.3 Å². The average molecular weight is 462 g/mol. The third-order valence-electron chi connectivity index (χ3n) is 6.68. The van der Waals surface area contributed by atoms with E-state index in [4.69, 9.17) is 0 Å². The van der Waals surface area contributed by atoms with E-state index >= 15 is 0 Å². The van der Waals surface area contributed by atoms with Crippen LogP contribution in [-0.2, 0) is 12.8 Å². The van der Waals surface area contributed by atoms with Crippen LogP contribution in [0.5, 0.6) is 0 Å². The van der Waals surface area contributed by atoms with Crippen LogP contribution in [0.1, 0.15) is 28.1 Å². The molecule has 3 aromatic heterocycles. The summed E-state index contributed by atoms with van der Waals surface area (Å²) in [5.74, 6) is -0.564. The van der Waals surface area contributed by atoms with Gasteiger partial charge in [0.15, 0.2) is 0 Å². The molecule has 6 aromatic rings. The number of pyridine rings is 3. The third kappa shape index (κ3) is 3.89. The summed E-state index contributed by atoms with van der Waals surface area (Å²) < 4.78 is 28.3. The lowest BCUT2D eigenvalue weighted by Crippen LogP contribution is -1.99. The Labute approximate surface area is 201 Å². The van der Waals surface area contributed by atoms with E-state index in [1.807, 2.05) is 43.7 Å². The summed E-state index contributed by atoms with van der Waals surface area (Å²) in [6, 6.07) is 17.8. The van der Waals surface area contributed by atoms with Gasteiger partial charge in [0.1, 0.15) is 11.6 Å².